The second-order valence-corrected chi connectivity index (χ2v) is 4.02. The van der Waals surface area contributed by atoms with Gasteiger partial charge in [-0.2, -0.15) is 0 Å². The molecule has 0 fully saturated rings. The molecule has 7 heteroatoms. The van der Waals surface area contributed by atoms with E-state index in [1.54, 1.807) is 21.1 Å². The Morgan fingerprint density at radius 2 is 2.07 bits per heavy atom. The van der Waals surface area contributed by atoms with Gasteiger partial charge in [-0.3, -0.25) is 4.79 Å². The molecule has 0 aliphatic rings. The third-order valence-corrected chi connectivity index (χ3v) is 1.39. The van der Waals surface area contributed by atoms with E-state index < -0.39 is 17.2 Å². The Hall–Kier alpha value is -1.37. The van der Waals surface area contributed by atoms with Crippen LogP contribution in [0.15, 0.2) is 0 Å². The van der Waals surface area contributed by atoms with Gasteiger partial charge in [0.1, 0.15) is 6.54 Å². The Kier molecular flexibility index (Phi) is 4.29. The Labute approximate surface area is 81.6 Å². The number of hydrogen-bond donors (Lipinski definition) is 1. The van der Waals surface area contributed by atoms with Crippen LogP contribution in [0.5, 0.6) is 0 Å². The van der Waals surface area contributed by atoms with Gasteiger partial charge in [-0.15, -0.1) is 10.1 Å². The van der Waals surface area contributed by atoms with Gasteiger partial charge in [-0.05, 0) is 0 Å². The van der Waals surface area contributed by atoms with Crippen molar-refractivity contribution in [1.82, 2.24) is 0 Å². The first-order valence-corrected chi connectivity index (χ1v) is 4.04. The van der Waals surface area contributed by atoms with E-state index in [2.05, 4.69) is 4.84 Å². The van der Waals surface area contributed by atoms with E-state index in [0.717, 1.165) is 0 Å². The fourth-order valence-electron chi connectivity index (χ4n) is 1.06. The molecule has 0 saturated carbocycles. The largest absolute Gasteiger partial charge is 0.481 e. The summed E-state index contributed by atoms with van der Waals surface area (Å²) in [5.41, 5.74) is 0. The van der Waals surface area contributed by atoms with Crippen molar-refractivity contribution in [2.75, 3.05) is 27.7 Å². The molecule has 0 aromatic carbocycles. The molecular formula is C7H15N2O5+. The van der Waals surface area contributed by atoms with Crippen LogP contribution in [0.2, 0.25) is 0 Å². The van der Waals surface area contributed by atoms with Crippen LogP contribution in [0.3, 0.4) is 0 Å². The Morgan fingerprint density at radius 1 is 1.57 bits per heavy atom. The average Bonchev–Trinajstić information content (AvgIpc) is 1.77. The van der Waals surface area contributed by atoms with Crippen LogP contribution in [0.25, 0.3) is 0 Å². The third kappa shape index (κ3) is 7.29. The second kappa shape index (κ2) is 4.75. The van der Waals surface area contributed by atoms with Crippen molar-refractivity contribution < 1.29 is 24.3 Å². The van der Waals surface area contributed by atoms with Crippen molar-refractivity contribution in [1.29, 1.82) is 0 Å². The predicted molar refractivity (Wildman–Crippen MR) is 47.0 cm³/mol. The van der Waals surface area contributed by atoms with Crippen molar-refractivity contribution in [2.24, 2.45) is 0 Å². The summed E-state index contributed by atoms with van der Waals surface area (Å²) in [5.74, 6) is -1.11. The zero-order valence-electron chi connectivity index (χ0n) is 8.47. The zero-order valence-corrected chi connectivity index (χ0v) is 8.47. The smallest absolute Gasteiger partial charge is 0.305 e. The van der Waals surface area contributed by atoms with E-state index in [4.69, 9.17) is 5.11 Å². The molecule has 0 rings (SSSR count). The van der Waals surface area contributed by atoms with E-state index in [9.17, 15) is 14.9 Å². The van der Waals surface area contributed by atoms with Crippen molar-refractivity contribution in [2.45, 2.75) is 12.5 Å². The lowest BCUT2D eigenvalue weighted by molar-refractivity contribution is -0.885. The monoisotopic (exact) mass is 207 g/mol. The zero-order chi connectivity index (χ0) is 11.4. The van der Waals surface area contributed by atoms with Gasteiger partial charge in [0.05, 0.1) is 27.6 Å². The van der Waals surface area contributed by atoms with Crippen molar-refractivity contribution in [3.63, 3.8) is 0 Å². The topological polar surface area (TPSA) is 89.7 Å². The third-order valence-electron chi connectivity index (χ3n) is 1.39. The maximum atomic E-state index is 10.4. The first kappa shape index (κ1) is 12.6. The second-order valence-electron chi connectivity index (χ2n) is 4.02. The summed E-state index contributed by atoms with van der Waals surface area (Å²) in [7, 11) is 5.41. The summed E-state index contributed by atoms with van der Waals surface area (Å²) in [4.78, 5) is 24.7. The van der Waals surface area contributed by atoms with Gasteiger partial charge >= 0.3 is 5.97 Å². The van der Waals surface area contributed by atoms with Crippen molar-refractivity contribution >= 4 is 5.97 Å². The molecule has 0 aliphatic heterocycles. The van der Waals surface area contributed by atoms with Gasteiger partial charge in [0.15, 0.2) is 6.10 Å². The fraction of sp³-hybridized carbons (Fsp3) is 0.857. The van der Waals surface area contributed by atoms with E-state index in [1.165, 1.54) is 0 Å². The highest BCUT2D eigenvalue weighted by Gasteiger charge is 2.24. The highest BCUT2D eigenvalue weighted by atomic mass is 17.0. The number of quaternary nitrogens is 1. The first-order chi connectivity index (χ1) is 6.20. The average molecular weight is 207 g/mol. The molecule has 1 atom stereocenters. The summed E-state index contributed by atoms with van der Waals surface area (Å²) >= 11 is 0. The molecule has 0 aromatic rings. The molecule has 7 nitrogen and oxygen atoms in total. The van der Waals surface area contributed by atoms with Gasteiger partial charge in [0.2, 0.25) is 0 Å². The minimum atomic E-state index is -1.11. The van der Waals surface area contributed by atoms with E-state index >= 15 is 0 Å². The summed E-state index contributed by atoms with van der Waals surface area (Å²) in [6.07, 6.45) is -1.27. The minimum Gasteiger partial charge on any atom is -0.481 e. The molecular weight excluding hydrogens is 192 g/mol. The summed E-state index contributed by atoms with van der Waals surface area (Å²) in [5, 5.41) is 17.6. The number of nitrogens with zero attached hydrogens (tertiary/aromatic N) is 2. The lowest BCUT2D eigenvalue weighted by Gasteiger charge is -2.27. The minimum absolute atomic E-state index is 0.271. The lowest BCUT2D eigenvalue weighted by atomic mass is 10.2. The molecule has 0 aromatic heterocycles. The van der Waals surface area contributed by atoms with Crippen LogP contribution in [-0.2, 0) is 9.63 Å². The maximum Gasteiger partial charge on any atom is 0.305 e. The number of aliphatic carboxylic acids is 1. The lowest BCUT2D eigenvalue weighted by Crippen LogP contribution is -2.43. The molecule has 0 radical (unpaired) electrons. The maximum absolute atomic E-state index is 10.4. The van der Waals surface area contributed by atoms with Gasteiger partial charge in [-0.1, -0.05) is 0 Å². The number of hydrogen-bond acceptors (Lipinski definition) is 4. The van der Waals surface area contributed by atoms with Gasteiger partial charge in [0, 0.05) is 0 Å². The SMILES string of the molecule is C[N+](C)(C)C[C@@H](CC(=O)O)O[N+](=O)[O-]. The van der Waals surface area contributed by atoms with Crippen LogP contribution >= 0.6 is 0 Å². The highest BCUT2D eigenvalue weighted by Crippen LogP contribution is 2.04. The molecule has 82 valence electrons. The summed E-state index contributed by atoms with van der Waals surface area (Å²) < 4.78 is 0.409. The van der Waals surface area contributed by atoms with Crippen molar-refractivity contribution in [3.8, 4) is 0 Å². The normalized spacial score (nSPS) is 13.4. The van der Waals surface area contributed by atoms with Crippen molar-refractivity contribution in [3.05, 3.63) is 10.1 Å². The highest BCUT2D eigenvalue weighted by molar-refractivity contribution is 5.67. The first-order valence-electron chi connectivity index (χ1n) is 4.04. The van der Waals surface area contributed by atoms with E-state index in [-0.39, 0.29) is 13.0 Å². The Bertz CT molecular complexity index is 207. The Morgan fingerprint density at radius 3 is 2.36 bits per heavy atom. The summed E-state index contributed by atoms with van der Waals surface area (Å²) in [6.45, 7) is 0.271. The molecule has 0 saturated heterocycles. The number of carboxylic acids is 1. The van der Waals surface area contributed by atoms with Gasteiger partial charge in [-0.25, -0.2) is 0 Å². The summed E-state index contributed by atoms with van der Waals surface area (Å²) in [6, 6.07) is 0. The van der Waals surface area contributed by atoms with Crippen LogP contribution in [-0.4, -0.2) is 54.4 Å². The Balaban J connectivity index is 4.24. The van der Waals surface area contributed by atoms with E-state index in [0.29, 0.717) is 4.48 Å². The molecule has 14 heavy (non-hydrogen) atoms. The number of carbonyl (C=O) groups is 1. The molecule has 1 N–H and O–H groups in total. The fourth-order valence-corrected chi connectivity index (χ4v) is 1.06. The van der Waals surface area contributed by atoms with E-state index in [1.807, 2.05) is 0 Å². The number of rotatable bonds is 6. The number of likely N-dealkylation sites (N-methyl/N-ethyl adjacent to an activating group) is 1. The van der Waals surface area contributed by atoms with Gasteiger partial charge in [0.25, 0.3) is 5.09 Å². The molecule has 0 unspecified atom stereocenters. The van der Waals surface area contributed by atoms with Crippen LogP contribution in [0.4, 0.5) is 0 Å². The predicted octanol–water partition coefficient (Wildman–Crippen LogP) is -0.256. The quantitative estimate of drug-likeness (QED) is 0.368. The van der Waals surface area contributed by atoms with Crippen LogP contribution < -0.4 is 0 Å². The molecule has 0 amide bonds. The molecule has 0 heterocycles. The standard InChI is InChI=1S/C7H14N2O5/c1-9(2,3)5-6(4-7(10)11)14-8(12)13/h6H,4-5H2,1-3H3/p+1/t6-/m1/s1. The molecule has 0 bridgehead atoms. The number of carboxylic acid groups (broad SMARTS) is 1. The molecule has 0 spiro atoms. The van der Waals surface area contributed by atoms with Gasteiger partial charge < -0.3 is 14.4 Å². The molecule has 0 aliphatic carbocycles. The van der Waals surface area contributed by atoms with Crippen LogP contribution in [0, 0.1) is 10.1 Å². The van der Waals surface area contributed by atoms with Crippen LogP contribution in [0.1, 0.15) is 6.42 Å².